The number of thioether (sulfide) groups is 1. The Balaban J connectivity index is 2.01. The number of rotatable bonds is 2. The van der Waals surface area contributed by atoms with E-state index in [2.05, 4.69) is 44.7 Å². The Morgan fingerprint density at radius 1 is 1.25 bits per heavy atom. The number of nitrogens with two attached hydrogens (primary N) is 1. The van der Waals surface area contributed by atoms with Crippen LogP contribution in [0.15, 0.2) is 22.7 Å². The lowest BCUT2D eigenvalue weighted by Crippen LogP contribution is -2.25. The minimum Gasteiger partial charge on any atom is -0.399 e. The number of halogens is 1. The average molecular weight is 301 g/mol. The van der Waals surface area contributed by atoms with Crippen LogP contribution in [0.3, 0.4) is 0 Å². The van der Waals surface area contributed by atoms with Crippen molar-refractivity contribution >= 4 is 33.4 Å². The third-order valence-electron chi connectivity index (χ3n) is 2.70. The van der Waals surface area contributed by atoms with Crippen LogP contribution in [0.5, 0.6) is 0 Å². The molecule has 16 heavy (non-hydrogen) atoms. The number of nitrogen functional groups attached to an aromatic ring is 1. The quantitative estimate of drug-likeness (QED) is 0.852. The van der Waals surface area contributed by atoms with Crippen molar-refractivity contribution in [2.45, 2.75) is 13.0 Å². The standard InChI is InChI=1S/C12H17BrN2S/c13-11-6-10(7-12(14)8-11)9-15-2-1-4-16-5-3-15/h6-8H,1-5,9,14H2. The summed E-state index contributed by atoms with van der Waals surface area (Å²) in [6.07, 6.45) is 1.30. The van der Waals surface area contributed by atoms with Gasteiger partial charge in [-0.3, -0.25) is 4.90 Å². The van der Waals surface area contributed by atoms with E-state index in [-0.39, 0.29) is 0 Å². The summed E-state index contributed by atoms with van der Waals surface area (Å²) in [6.45, 7) is 3.42. The first-order valence-electron chi connectivity index (χ1n) is 5.59. The van der Waals surface area contributed by atoms with Crippen LogP contribution in [0, 0.1) is 0 Å². The highest BCUT2D eigenvalue weighted by Crippen LogP contribution is 2.19. The lowest BCUT2D eigenvalue weighted by Gasteiger charge is -2.19. The summed E-state index contributed by atoms with van der Waals surface area (Å²) in [7, 11) is 0. The fourth-order valence-electron chi connectivity index (χ4n) is 1.98. The molecule has 2 nitrogen and oxygen atoms in total. The molecule has 0 unspecified atom stereocenters. The van der Waals surface area contributed by atoms with E-state index in [0.29, 0.717) is 0 Å². The summed E-state index contributed by atoms with van der Waals surface area (Å²) in [5.74, 6) is 2.56. The first-order valence-corrected chi connectivity index (χ1v) is 7.54. The molecule has 0 aromatic heterocycles. The van der Waals surface area contributed by atoms with Gasteiger partial charge in [0.1, 0.15) is 0 Å². The van der Waals surface area contributed by atoms with Crippen molar-refractivity contribution in [3.63, 3.8) is 0 Å². The summed E-state index contributed by atoms with van der Waals surface area (Å²) >= 11 is 5.55. The Morgan fingerprint density at radius 2 is 2.12 bits per heavy atom. The molecule has 1 aliphatic rings. The Hall–Kier alpha value is -0.190. The molecule has 0 spiro atoms. The number of benzene rings is 1. The molecule has 2 N–H and O–H groups in total. The van der Waals surface area contributed by atoms with Crippen LogP contribution in [0.4, 0.5) is 5.69 Å². The summed E-state index contributed by atoms with van der Waals surface area (Å²) in [6, 6.07) is 6.18. The lowest BCUT2D eigenvalue weighted by molar-refractivity contribution is 0.287. The Kier molecular flexibility index (Phi) is 4.55. The smallest absolute Gasteiger partial charge is 0.0328 e. The second-order valence-corrected chi connectivity index (χ2v) is 6.28. The SMILES string of the molecule is Nc1cc(Br)cc(CN2CCCSCC2)c1. The van der Waals surface area contributed by atoms with Gasteiger partial charge in [0.15, 0.2) is 0 Å². The topological polar surface area (TPSA) is 29.3 Å². The molecule has 0 radical (unpaired) electrons. The molecule has 0 bridgehead atoms. The summed E-state index contributed by atoms with van der Waals surface area (Å²) in [5.41, 5.74) is 7.99. The molecule has 1 aromatic rings. The molecule has 88 valence electrons. The van der Waals surface area contributed by atoms with Gasteiger partial charge < -0.3 is 5.73 Å². The van der Waals surface area contributed by atoms with Gasteiger partial charge in [-0.2, -0.15) is 11.8 Å². The number of hydrogen-bond acceptors (Lipinski definition) is 3. The van der Waals surface area contributed by atoms with Crippen LogP contribution in [-0.4, -0.2) is 29.5 Å². The van der Waals surface area contributed by atoms with Gasteiger partial charge in [-0.05, 0) is 42.5 Å². The van der Waals surface area contributed by atoms with E-state index in [1.165, 1.54) is 36.6 Å². The van der Waals surface area contributed by atoms with Crippen LogP contribution in [0.1, 0.15) is 12.0 Å². The van der Waals surface area contributed by atoms with Crippen molar-refractivity contribution in [1.82, 2.24) is 4.90 Å². The van der Waals surface area contributed by atoms with E-state index >= 15 is 0 Å². The zero-order valence-corrected chi connectivity index (χ0v) is 11.7. The first kappa shape index (κ1) is 12.3. The minimum absolute atomic E-state index is 0.841. The van der Waals surface area contributed by atoms with E-state index in [1.54, 1.807) is 0 Å². The molecule has 1 aromatic carbocycles. The maximum absolute atomic E-state index is 5.84. The first-order chi connectivity index (χ1) is 7.74. The summed E-state index contributed by atoms with van der Waals surface area (Å²) < 4.78 is 1.08. The normalized spacial score (nSPS) is 18.3. The van der Waals surface area contributed by atoms with Gasteiger partial charge in [-0.1, -0.05) is 15.9 Å². The molecule has 0 atom stereocenters. The number of anilines is 1. The van der Waals surface area contributed by atoms with Crippen LogP contribution in [0.2, 0.25) is 0 Å². The van der Waals surface area contributed by atoms with Crippen LogP contribution >= 0.6 is 27.7 Å². The molecule has 1 aliphatic heterocycles. The third kappa shape index (κ3) is 3.68. The van der Waals surface area contributed by atoms with Crippen LogP contribution < -0.4 is 5.73 Å². The predicted octanol–water partition coefficient (Wildman–Crippen LogP) is 2.97. The van der Waals surface area contributed by atoms with Gasteiger partial charge >= 0.3 is 0 Å². The lowest BCUT2D eigenvalue weighted by atomic mass is 10.2. The monoisotopic (exact) mass is 300 g/mol. The predicted molar refractivity (Wildman–Crippen MR) is 75.8 cm³/mol. The van der Waals surface area contributed by atoms with Crippen LogP contribution in [-0.2, 0) is 6.54 Å². The molecule has 4 heteroatoms. The van der Waals surface area contributed by atoms with Gasteiger partial charge in [0.25, 0.3) is 0 Å². The second-order valence-electron chi connectivity index (χ2n) is 4.13. The van der Waals surface area contributed by atoms with E-state index < -0.39 is 0 Å². The third-order valence-corrected chi connectivity index (χ3v) is 4.21. The zero-order valence-electron chi connectivity index (χ0n) is 9.29. The van der Waals surface area contributed by atoms with Gasteiger partial charge in [0, 0.05) is 29.0 Å². The molecule has 2 rings (SSSR count). The van der Waals surface area contributed by atoms with Crippen molar-refractivity contribution in [3.05, 3.63) is 28.2 Å². The average Bonchev–Trinajstić information content (AvgIpc) is 2.44. The molecular weight excluding hydrogens is 284 g/mol. The Morgan fingerprint density at radius 3 is 2.94 bits per heavy atom. The molecule has 0 amide bonds. The molecule has 0 aliphatic carbocycles. The maximum atomic E-state index is 5.84. The minimum atomic E-state index is 0.841. The van der Waals surface area contributed by atoms with E-state index in [4.69, 9.17) is 5.73 Å². The van der Waals surface area contributed by atoms with E-state index in [0.717, 1.165) is 16.7 Å². The van der Waals surface area contributed by atoms with Crippen molar-refractivity contribution in [3.8, 4) is 0 Å². The number of hydrogen-bond donors (Lipinski definition) is 1. The van der Waals surface area contributed by atoms with Crippen LogP contribution in [0.25, 0.3) is 0 Å². The molecule has 0 saturated carbocycles. The Labute approximate surface area is 110 Å². The van der Waals surface area contributed by atoms with E-state index in [1.807, 2.05) is 6.07 Å². The van der Waals surface area contributed by atoms with Crippen molar-refractivity contribution in [2.75, 3.05) is 30.3 Å². The van der Waals surface area contributed by atoms with E-state index in [9.17, 15) is 0 Å². The second kappa shape index (κ2) is 5.94. The fourth-order valence-corrected chi connectivity index (χ4v) is 3.46. The molecule has 1 heterocycles. The largest absolute Gasteiger partial charge is 0.399 e. The van der Waals surface area contributed by atoms with Gasteiger partial charge in [0.2, 0.25) is 0 Å². The highest BCUT2D eigenvalue weighted by Gasteiger charge is 2.10. The highest BCUT2D eigenvalue weighted by molar-refractivity contribution is 9.10. The maximum Gasteiger partial charge on any atom is 0.0328 e. The van der Waals surface area contributed by atoms with Gasteiger partial charge in [-0.15, -0.1) is 0 Å². The zero-order chi connectivity index (χ0) is 11.4. The summed E-state index contributed by atoms with van der Waals surface area (Å²) in [5, 5.41) is 0. The highest BCUT2D eigenvalue weighted by atomic mass is 79.9. The van der Waals surface area contributed by atoms with Gasteiger partial charge in [-0.25, -0.2) is 0 Å². The van der Waals surface area contributed by atoms with Crippen molar-refractivity contribution < 1.29 is 0 Å². The summed E-state index contributed by atoms with van der Waals surface area (Å²) in [4.78, 5) is 2.52. The van der Waals surface area contributed by atoms with Gasteiger partial charge in [0.05, 0.1) is 0 Å². The molecule has 1 saturated heterocycles. The molecule has 1 fully saturated rings. The van der Waals surface area contributed by atoms with Crippen molar-refractivity contribution in [1.29, 1.82) is 0 Å². The number of nitrogens with zero attached hydrogens (tertiary/aromatic N) is 1. The van der Waals surface area contributed by atoms with Crippen molar-refractivity contribution in [2.24, 2.45) is 0 Å². The Bertz CT molecular complexity index is 329. The fraction of sp³-hybridized carbons (Fsp3) is 0.500. The molecular formula is C12H17BrN2S.